The molecule has 1 N–H and O–H groups in total. The number of benzene rings is 1. The van der Waals surface area contributed by atoms with Gasteiger partial charge in [-0.05, 0) is 31.0 Å². The highest BCUT2D eigenvalue weighted by Crippen LogP contribution is 2.32. The van der Waals surface area contributed by atoms with Gasteiger partial charge in [0.05, 0.1) is 0 Å². The van der Waals surface area contributed by atoms with Gasteiger partial charge in [0.1, 0.15) is 6.04 Å². The van der Waals surface area contributed by atoms with E-state index in [2.05, 4.69) is 5.32 Å². The quantitative estimate of drug-likeness (QED) is 0.796. The predicted octanol–water partition coefficient (Wildman–Crippen LogP) is 1.41. The molecule has 1 aromatic rings. The summed E-state index contributed by atoms with van der Waals surface area (Å²) < 4.78 is 0. The molecular formula is C14H13ClN2O3. The van der Waals surface area contributed by atoms with Gasteiger partial charge in [-0.1, -0.05) is 11.6 Å². The van der Waals surface area contributed by atoms with E-state index in [0.717, 1.165) is 11.1 Å². The van der Waals surface area contributed by atoms with Crippen molar-refractivity contribution in [3.8, 4) is 0 Å². The number of imide groups is 1. The van der Waals surface area contributed by atoms with Crippen LogP contribution < -0.4 is 5.32 Å². The van der Waals surface area contributed by atoms with E-state index in [4.69, 9.17) is 11.6 Å². The second kappa shape index (κ2) is 4.59. The zero-order chi connectivity index (χ0) is 14.4. The van der Waals surface area contributed by atoms with E-state index in [0.29, 0.717) is 23.6 Å². The molecule has 104 valence electrons. The Morgan fingerprint density at radius 3 is 2.75 bits per heavy atom. The highest BCUT2D eigenvalue weighted by atomic mass is 35.5. The average molecular weight is 293 g/mol. The minimum Gasteiger partial charge on any atom is -0.322 e. The minimum absolute atomic E-state index is 0.194. The van der Waals surface area contributed by atoms with E-state index in [1.807, 2.05) is 13.0 Å². The Morgan fingerprint density at radius 2 is 2.05 bits per heavy atom. The van der Waals surface area contributed by atoms with E-state index in [-0.39, 0.29) is 18.2 Å². The topological polar surface area (TPSA) is 66.5 Å². The lowest BCUT2D eigenvalue weighted by Crippen LogP contribution is -2.52. The van der Waals surface area contributed by atoms with Crippen molar-refractivity contribution in [1.82, 2.24) is 10.2 Å². The summed E-state index contributed by atoms with van der Waals surface area (Å²) in [5, 5.41) is 2.82. The van der Waals surface area contributed by atoms with Gasteiger partial charge < -0.3 is 4.90 Å². The largest absolute Gasteiger partial charge is 0.322 e. The molecule has 1 unspecified atom stereocenters. The van der Waals surface area contributed by atoms with Crippen LogP contribution in [0.5, 0.6) is 0 Å². The summed E-state index contributed by atoms with van der Waals surface area (Å²) in [5.41, 5.74) is 2.22. The molecule has 1 aromatic carbocycles. The van der Waals surface area contributed by atoms with Crippen molar-refractivity contribution in [3.05, 3.63) is 33.8 Å². The number of rotatable bonds is 1. The number of aryl methyl sites for hydroxylation is 1. The Balaban J connectivity index is 1.92. The molecule has 0 aromatic heterocycles. The Bertz CT molecular complexity index is 642. The highest BCUT2D eigenvalue weighted by Gasteiger charge is 2.39. The number of hydrogen-bond acceptors (Lipinski definition) is 3. The lowest BCUT2D eigenvalue weighted by atomic mass is 10.0. The number of carbonyl (C=O) groups excluding carboxylic acids is 3. The van der Waals surface area contributed by atoms with Gasteiger partial charge in [-0.3, -0.25) is 19.7 Å². The molecule has 2 heterocycles. The molecule has 0 saturated carbocycles. The zero-order valence-electron chi connectivity index (χ0n) is 10.9. The molecule has 0 spiro atoms. The van der Waals surface area contributed by atoms with Crippen LogP contribution in [-0.4, -0.2) is 28.7 Å². The van der Waals surface area contributed by atoms with Gasteiger partial charge in [0.15, 0.2) is 0 Å². The normalized spacial score (nSPS) is 22.0. The number of hydrogen-bond donors (Lipinski definition) is 1. The molecular weight excluding hydrogens is 280 g/mol. The van der Waals surface area contributed by atoms with Crippen LogP contribution in [0.1, 0.15) is 34.3 Å². The van der Waals surface area contributed by atoms with Crippen LogP contribution in [0, 0.1) is 6.92 Å². The highest BCUT2D eigenvalue weighted by molar-refractivity contribution is 6.32. The number of carbonyl (C=O) groups is 3. The summed E-state index contributed by atoms with van der Waals surface area (Å²) in [7, 11) is 0. The van der Waals surface area contributed by atoms with Gasteiger partial charge in [0.25, 0.3) is 5.91 Å². The minimum atomic E-state index is -0.594. The third kappa shape index (κ3) is 1.98. The van der Waals surface area contributed by atoms with E-state index >= 15 is 0 Å². The molecule has 20 heavy (non-hydrogen) atoms. The molecule has 0 radical (unpaired) electrons. The van der Waals surface area contributed by atoms with Gasteiger partial charge in [0.2, 0.25) is 11.8 Å². The van der Waals surface area contributed by atoms with Gasteiger partial charge in [-0.2, -0.15) is 0 Å². The van der Waals surface area contributed by atoms with Crippen LogP contribution in [0.2, 0.25) is 5.02 Å². The summed E-state index contributed by atoms with van der Waals surface area (Å²) in [5.74, 6) is -0.889. The smallest absolute Gasteiger partial charge is 0.255 e. The van der Waals surface area contributed by atoms with Crippen LogP contribution >= 0.6 is 11.6 Å². The fraction of sp³-hybridized carbons (Fsp3) is 0.357. The second-order valence-electron chi connectivity index (χ2n) is 5.17. The number of halogens is 1. The maximum Gasteiger partial charge on any atom is 0.255 e. The molecule has 1 fully saturated rings. The van der Waals surface area contributed by atoms with Crippen molar-refractivity contribution in [2.45, 2.75) is 32.4 Å². The first kappa shape index (κ1) is 13.1. The summed E-state index contributed by atoms with van der Waals surface area (Å²) in [6, 6.07) is 3.00. The van der Waals surface area contributed by atoms with Crippen molar-refractivity contribution >= 4 is 29.3 Å². The molecule has 6 heteroatoms. The number of piperidine rings is 1. The van der Waals surface area contributed by atoms with Crippen LogP contribution in [0.3, 0.4) is 0 Å². The Hall–Kier alpha value is -1.88. The third-order valence-corrected chi connectivity index (χ3v) is 4.08. The van der Waals surface area contributed by atoms with Crippen LogP contribution in [0.4, 0.5) is 0 Å². The second-order valence-corrected chi connectivity index (χ2v) is 5.58. The first-order valence-electron chi connectivity index (χ1n) is 6.41. The average Bonchev–Trinajstić information content (AvgIpc) is 2.68. The Morgan fingerprint density at radius 1 is 1.30 bits per heavy atom. The van der Waals surface area contributed by atoms with Crippen LogP contribution in [0.15, 0.2) is 12.1 Å². The van der Waals surface area contributed by atoms with E-state index < -0.39 is 11.9 Å². The van der Waals surface area contributed by atoms with Gasteiger partial charge in [0, 0.05) is 29.1 Å². The van der Waals surface area contributed by atoms with Gasteiger partial charge in [-0.15, -0.1) is 0 Å². The van der Waals surface area contributed by atoms with Crippen molar-refractivity contribution in [2.75, 3.05) is 0 Å². The first-order valence-corrected chi connectivity index (χ1v) is 6.79. The lowest BCUT2D eigenvalue weighted by Gasteiger charge is -2.29. The fourth-order valence-corrected chi connectivity index (χ4v) is 3.09. The first-order chi connectivity index (χ1) is 9.47. The maximum absolute atomic E-state index is 12.4. The van der Waals surface area contributed by atoms with Crippen LogP contribution in [-0.2, 0) is 16.1 Å². The summed E-state index contributed by atoms with van der Waals surface area (Å²) >= 11 is 6.17. The monoisotopic (exact) mass is 292 g/mol. The van der Waals surface area contributed by atoms with E-state index in [1.54, 1.807) is 6.07 Å². The number of amides is 3. The SMILES string of the molecule is Cc1cc(Cl)c2c(c1)C(=O)N(C1CCC(=O)NC1=O)C2. The van der Waals surface area contributed by atoms with Crippen molar-refractivity contribution in [1.29, 1.82) is 0 Å². The standard InChI is InChI=1S/C14H13ClN2O3/c1-7-4-8-9(10(15)5-7)6-17(14(8)20)11-2-3-12(18)16-13(11)19/h4-5,11H,2-3,6H2,1H3,(H,16,18,19). The van der Waals surface area contributed by atoms with Gasteiger partial charge in [-0.25, -0.2) is 0 Å². The molecule has 5 nitrogen and oxygen atoms in total. The molecule has 2 aliphatic rings. The molecule has 1 atom stereocenters. The third-order valence-electron chi connectivity index (χ3n) is 3.75. The lowest BCUT2D eigenvalue weighted by molar-refractivity contribution is -0.136. The van der Waals surface area contributed by atoms with Crippen molar-refractivity contribution < 1.29 is 14.4 Å². The molecule has 3 rings (SSSR count). The molecule has 3 amide bonds. The fourth-order valence-electron chi connectivity index (χ4n) is 2.75. The van der Waals surface area contributed by atoms with Crippen molar-refractivity contribution in [3.63, 3.8) is 0 Å². The zero-order valence-corrected chi connectivity index (χ0v) is 11.7. The molecule has 0 bridgehead atoms. The summed E-state index contributed by atoms with van der Waals surface area (Å²) in [6.07, 6.45) is 0.615. The molecule has 2 aliphatic heterocycles. The molecule has 1 saturated heterocycles. The van der Waals surface area contributed by atoms with Gasteiger partial charge >= 0.3 is 0 Å². The maximum atomic E-state index is 12.4. The predicted molar refractivity (Wildman–Crippen MR) is 72.2 cm³/mol. The molecule has 0 aliphatic carbocycles. The number of fused-ring (bicyclic) bond motifs is 1. The number of nitrogens with zero attached hydrogens (tertiary/aromatic N) is 1. The van der Waals surface area contributed by atoms with E-state index in [9.17, 15) is 14.4 Å². The van der Waals surface area contributed by atoms with Crippen molar-refractivity contribution in [2.24, 2.45) is 0 Å². The van der Waals surface area contributed by atoms with Crippen LogP contribution in [0.25, 0.3) is 0 Å². The number of nitrogens with one attached hydrogen (secondary N) is 1. The van der Waals surface area contributed by atoms with E-state index in [1.165, 1.54) is 4.90 Å². The summed E-state index contributed by atoms with van der Waals surface area (Å²) in [4.78, 5) is 37.0. The Kier molecular flexibility index (Phi) is 3.01. The summed E-state index contributed by atoms with van der Waals surface area (Å²) in [6.45, 7) is 2.19. The Labute approximate surface area is 120 Å².